The fourth-order valence-electron chi connectivity index (χ4n) is 1.83. The lowest BCUT2D eigenvalue weighted by Gasteiger charge is -2.14. The van der Waals surface area contributed by atoms with E-state index in [4.69, 9.17) is 5.73 Å². The van der Waals surface area contributed by atoms with Crippen LogP contribution in [0.4, 0.5) is 0 Å². The Hall–Kier alpha value is -1.44. The summed E-state index contributed by atoms with van der Waals surface area (Å²) in [6.07, 6.45) is 2.93. The van der Waals surface area contributed by atoms with E-state index in [9.17, 15) is 5.11 Å². The minimum atomic E-state index is 0.345. The standard InChI is InChI=1S/C13H19NO/c1-5-6-11(14)13-8(2)7-12(15)9(3)10(13)4/h6-7,15H,5,14H2,1-4H3/b11-6-. The topological polar surface area (TPSA) is 46.2 Å². The zero-order valence-electron chi connectivity index (χ0n) is 9.89. The minimum absolute atomic E-state index is 0.345. The Balaban J connectivity index is 3.42. The van der Waals surface area contributed by atoms with Gasteiger partial charge < -0.3 is 10.8 Å². The molecule has 0 atom stereocenters. The van der Waals surface area contributed by atoms with Gasteiger partial charge >= 0.3 is 0 Å². The van der Waals surface area contributed by atoms with Crippen LogP contribution in [0.2, 0.25) is 0 Å². The quantitative estimate of drug-likeness (QED) is 0.779. The van der Waals surface area contributed by atoms with Crippen molar-refractivity contribution in [2.75, 3.05) is 0 Å². The van der Waals surface area contributed by atoms with Gasteiger partial charge in [-0.1, -0.05) is 13.0 Å². The number of aromatic hydroxyl groups is 1. The van der Waals surface area contributed by atoms with Gasteiger partial charge in [0, 0.05) is 11.3 Å². The highest BCUT2D eigenvalue weighted by Crippen LogP contribution is 2.29. The maximum absolute atomic E-state index is 9.66. The third-order valence-electron chi connectivity index (χ3n) is 2.78. The molecule has 0 amide bonds. The molecular weight excluding hydrogens is 186 g/mol. The normalized spacial score (nSPS) is 11.9. The van der Waals surface area contributed by atoms with E-state index in [-0.39, 0.29) is 0 Å². The Labute approximate surface area is 91.4 Å². The van der Waals surface area contributed by atoms with Crippen molar-refractivity contribution < 1.29 is 5.11 Å². The van der Waals surface area contributed by atoms with Crippen molar-refractivity contribution >= 4 is 5.70 Å². The van der Waals surface area contributed by atoms with Crippen LogP contribution in [-0.2, 0) is 0 Å². The lowest BCUT2D eigenvalue weighted by Crippen LogP contribution is -2.03. The maximum Gasteiger partial charge on any atom is 0.119 e. The molecule has 15 heavy (non-hydrogen) atoms. The Bertz CT molecular complexity index is 405. The minimum Gasteiger partial charge on any atom is -0.508 e. The highest BCUT2D eigenvalue weighted by atomic mass is 16.3. The Morgan fingerprint density at radius 2 is 1.93 bits per heavy atom. The lowest BCUT2D eigenvalue weighted by atomic mass is 9.95. The van der Waals surface area contributed by atoms with Gasteiger partial charge in [0.1, 0.15) is 5.75 Å². The maximum atomic E-state index is 9.66. The van der Waals surface area contributed by atoms with Crippen molar-refractivity contribution in [3.05, 3.63) is 34.4 Å². The Kier molecular flexibility index (Phi) is 3.40. The molecule has 0 aliphatic carbocycles. The van der Waals surface area contributed by atoms with Crippen LogP contribution in [0.15, 0.2) is 12.1 Å². The lowest BCUT2D eigenvalue weighted by molar-refractivity contribution is 0.470. The SMILES string of the molecule is CC/C=C(\N)c1c(C)cc(O)c(C)c1C. The second-order valence-corrected chi connectivity index (χ2v) is 3.91. The molecular formula is C13H19NO. The number of allylic oxidation sites excluding steroid dienone is 1. The third kappa shape index (κ3) is 2.14. The summed E-state index contributed by atoms with van der Waals surface area (Å²) in [4.78, 5) is 0. The van der Waals surface area contributed by atoms with Crippen molar-refractivity contribution in [2.24, 2.45) is 5.73 Å². The van der Waals surface area contributed by atoms with E-state index in [0.717, 1.165) is 34.4 Å². The molecule has 0 aromatic heterocycles. The molecule has 1 aromatic rings. The van der Waals surface area contributed by atoms with Gasteiger partial charge in [-0.05, 0) is 49.9 Å². The molecule has 1 aromatic carbocycles. The van der Waals surface area contributed by atoms with Crippen molar-refractivity contribution in [1.29, 1.82) is 0 Å². The molecule has 2 heteroatoms. The van der Waals surface area contributed by atoms with Gasteiger partial charge in [-0.2, -0.15) is 0 Å². The first-order valence-electron chi connectivity index (χ1n) is 5.24. The average molecular weight is 205 g/mol. The molecule has 0 radical (unpaired) electrons. The summed E-state index contributed by atoms with van der Waals surface area (Å²) in [5, 5.41) is 9.66. The first kappa shape index (κ1) is 11.6. The van der Waals surface area contributed by atoms with E-state index in [1.165, 1.54) is 0 Å². The van der Waals surface area contributed by atoms with Gasteiger partial charge in [0.05, 0.1) is 0 Å². The summed E-state index contributed by atoms with van der Waals surface area (Å²) < 4.78 is 0. The number of benzene rings is 1. The molecule has 82 valence electrons. The van der Waals surface area contributed by atoms with Crippen LogP contribution in [-0.4, -0.2) is 5.11 Å². The van der Waals surface area contributed by atoms with E-state index >= 15 is 0 Å². The predicted octanol–water partition coefficient (Wildman–Crippen LogP) is 3.03. The van der Waals surface area contributed by atoms with E-state index in [1.807, 2.05) is 26.8 Å². The largest absolute Gasteiger partial charge is 0.508 e. The second kappa shape index (κ2) is 4.39. The summed E-state index contributed by atoms with van der Waals surface area (Å²) in [5.74, 6) is 0.345. The number of rotatable bonds is 2. The van der Waals surface area contributed by atoms with Crippen LogP contribution in [0.25, 0.3) is 5.70 Å². The first-order valence-corrected chi connectivity index (χ1v) is 5.24. The molecule has 0 aliphatic rings. The molecule has 0 saturated heterocycles. The fourth-order valence-corrected chi connectivity index (χ4v) is 1.83. The summed E-state index contributed by atoms with van der Waals surface area (Å²) >= 11 is 0. The molecule has 1 rings (SSSR count). The van der Waals surface area contributed by atoms with Crippen molar-refractivity contribution in [1.82, 2.24) is 0 Å². The molecule has 0 bridgehead atoms. The summed E-state index contributed by atoms with van der Waals surface area (Å²) in [7, 11) is 0. The van der Waals surface area contributed by atoms with Gasteiger partial charge in [-0.15, -0.1) is 0 Å². The van der Waals surface area contributed by atoms with Gasteiger partial charge in [-0.3, -0.25) is 0 Å². The van der Waals surface area contributed by atoms with E-state index < -0.39 is 0 Å². The molecule has 3 N–H and O–H groups in total. The number of phenolic OH excluding ortho intramolecular Hbond substituents is 1. The van der Waals surface area contributed by atoms with Crippen LogP contribution in [0.5, 0.6) is 5.75 Å². The predicted molar refractivity (Wildman–Crippen MR) is 64.8 cm³/mol. The first-order chi connectivity index (χ1) is 6.99. The van der Waals surface area contributed by atoms with E-state index in [0.29, 0.717) is 5.75 Å². The summed E-state index contributed by atoms with van der Waals surface area (Å²) in [6, 6.07) is 1.77. The van der Waals surface area contributed by atoms with Gasteiger partial charge in [-0.25, -0.2) is 0 Å². The number of hydrogen-bond donors (Lipinski definition) is 2. The summed E-state index contributed by atoms with van der Waals surface area (Å²) in [6.45, 7) is 7.93. The van der Waals surface area contributed by atoms with Crippen molar-refractivity contribution in [2.45, 2.75) is 34.1 Å². The molecule has 0 spiro atoms. The van der Waals surface area contributed by atoms with Crippen LogP contribution >= 0.6 is 0 Å². The number of phenols is 1. The third-order valence-corrected chi connectivity index (χ3v) is 2.78. The van der Waals surface area contributed by atoms with Crippen molar-refractivity contribution in [3.63, 3.8) is 0 Å². The zero-order valence-corrected chi connectivity index (χ0v) is 9.89. The summed E-state index contributed by atoms with van der Waals surface area (Å²) in [5.41, 5.74) is 10.9. The van der Waals surface area contributed by atoms with Gasteiger partial charge in [0.15, 0.2) is 0 Å². The Morgan fingerprint density at radius 1 is 1.33 bits per heavy atom. The van der Waals surface area contributed by atoms with Crippen LogP contribution in [0.1, 0.15) is 35.6 Å². The van der Waals surface area contributed by atoms with Crippen LogP contribution in [0, 0.1) is 20.8 Å². The number of nitrogens with two attached hydrogens (primary N) is 1. The molecule has 2 nitrogen and oxygen atoms in total. The average Bonchev–Trinajstić information content (AvgIpc) is 2.15. The van der Waals surface area contributed by atoms with Crippen molar-refractivity contribution in [3.8, 4) is 5.75 Å². The zero-order chi connectivity index (χ0) is 11.6. The smallest absolute Gasteiger partial charge is 0.119 e. The monoisotopic (exact) mass is 205 g/mol. The Morgan fingerprint density at radius 3 is 2.47 bits per heavy atom. The number of hydrogen-bond acceptors (Lipinski definition) is 2. The van der Waals surface area contributed by atoms with E-state index in [1.54, 1.807) is 6.07 Å². The second-order valence-electron chi connectivity index (χ2n) is 3.91. The van der Waals surface area contributed by atoms with Crippen LogP contribution < -0.4 is 5.73 Å². The highest BCUT2D eigenvalue weighted by molar-refractivity contribution is 5.70. The molecule has 0 unspecified atom stereocenters. The fraction of sp³-hybridized carbons (Fsp3) is 0.385. The number of aryl methyl sites for hydroxylation is 1. The van der Waals surface area contributed by atoms with Gasteiger partial charge in [0.25, 0.3) is 0 Å². The molecule has 0 aliphatic heterocycles. The molecule has 0 heterocycles. The molecule has 0 saturated carbocycles. The van der Waals surface area contributed by atoms with Gasteiger partial charge in [0.2, 0.25) is 0 Å². The van der Waals surface area contributed by atoms with Crippen LogP contribution in [0.3, 0.4) is 0 Å². The van der Waals surface area contributed by atoms with E-state index in [2.05, 4.69) is 6.92 Å². The highest BCUT2D eigenvalue weighted by Gasteiger charge is 2.10. The molecule has 0 fully saturated rings.